The zero-order chi connectivity index (χ0) is 16.4. The number of hydrogen-bond donors (Lipinski definition) is 2. The zero-order valence-electron chi connectivity index (χ0n) is 14.3. The first kappa shape index (κ1) is 15.7. The number of hydrogen-bond acceptors (Lipinski definition) is 5. The van der Waals surface area contributed by atoms with Gasteiger partial charge in [0.15, 0.2) is 5.82 Å². The number of aromatic nitrogens is 3. The minimum absolute atomic E-state index is 0.428. The molecule has 1 aromatic carbocycles. The molecular formula is C18H25N5. The van der Waals surface area contributed by atoms with Crippen LogP contribution in [0.15, 0.2) is 24.4 Å². The summed E-state index contributed by atoms with van der Waals surface area (Å²) in [5.74, 6) is 2.19. The summed E-state index contributed by atoms with van der Waals surface area (Å²) < 4.78 is 0. The Morgan fingerprint density at radius 1 is 1.04 bits per heavy atom. The van der Waals surface area contributed by atoms with Gasteiger partial charge in [-0.15, -0.1) is 5.10 Å². The van der Waals surface area contributed by atoms with Gasteiger partial charge in [-0.05, 0) is 35.8 Å². The fraction of sp³-hybridized carbons (Fsp3) is 0.500. The lowest BCUT2D eigenvalue weighted by molar-refractivity contribution is 0.836. The molecule has 122 valence electrons. The number of nitrogens with one attached hydrogen (secondary N) is 2. The molecule has 5 heteroatoms. The molecule has 1 saturated carbocycles. The van der Waals surface area contributed by atoms with Gasteiger partial charge in [-0.3, -0.25) is 0 Å². The summed E-state index contributed by atoms with van der Waals surface area (Å²) in [5.41, 5.74) is 3.67. The first-order valence-electron chi connectivity index (χ1n) is 8.40. The van der Waals surface area contributed by atoms with Gasteiger partial charge in [-0.25, -0.2) is 0 Å². The van der Waals surface area contributed by atoms with Gasteiger partial charge < -0.3 is 10.6 Å². The molecule has 5 nitrogen and oxygen atoms in total. The second-order valence-corrected chi connectivity index (χ2v) is 6.83. The van der Waals surface area contributed by atoms with Crippen LogP contribution in [0.2, 0.25) is 0 Å². The van der Waals surface area contributed by atoms with E-state index in [9.17, 15) is 0 Å². The Balaban J connectivity index is 1.91. The predicted molar refractivity (Wildman–Crippen MR) is 94.4 cm³/mol. The van der Waals surface area contributed by atoms with Gasteiger partial charge in [0.2, 0.25) is 5.95 Å². The smallest absolute Gasteiger partial charge is 0.249 e. The number of rotatable bonds is 6. The Hall–Kier alpha value is -2.17. The molecule has 0 unspecified atom stereocenters. The molecule has 0 atom stereocenters. The van der Waals surface area contributed by atoms with Gasteiger partial charge in [0.05, 0.1) is 6.20 Å². The highest BCUT2D eigenvalue weighted by Gasteiger charge is 2.22. The summed E-state index contributed by atoms with van der Waals surface area (Å²) in [5, 5.41) is 15.0. The lowest BCUT2D eigenvalue weighted by Crippen LogP contribution is -2.09. The third kappa shape index (κ3) is 3.78. The van der Waals surface area contributed by atoms with E-state index in [2.05, 4.69) is 71.7 Å². The summed E-state index contributed by atoms with van der Waals surface area (Å²) in [6.07, 6.45) is 4.10. The molecule has 2 N–H and O–H groups in total. The molecule has 0 amide bonds. The van der Waals surface area contributed by atoms with E-state index in [0.29, 0.717) is 23.8 Å². The van der Waals surface area contributed by atoms with Crippen molar-refractivity contribution in [3.8, 4) is 0 Å². The molecule has 0 bridgehead atoms. The van der Waals surface area contributed by atoms with Crippen LogP contribution in [-0.4, -0.2) is 21.2 Å². The maximum absolute atomic E-state index is 4.55. The van der Waals surface area contributed by atoms with Gasteiger partial charge in [-0.2, -0.15) is 10.1 Å². The van der Waals surface area contributed by atoms with Crippen molar-refractivity contribution in [3.05, 3.63) is 35.5 Å². The first-order chi connectivity index (χ1) is 11.0. The lowest BCUT2D eigenvalue weighted by atomic mass is 9.93. The van der Waals surface area contributed by atoms with Crippen molar-refractivity contribution in [2.45, 2.75) is 58.4 Å². The van der Waals surface area contributed by atoms with Crippen LogP contribution in [-0.2, 0) is 0 Å². The molecule has 1 aliphatic carbocycles. The van der Waals surface area contributed by atoms with E-state index in [4.69, 9.17) is 0 Å². The van der Waals surface area contributed by atoms with Crippen LogP contribution in [0.25, 0.3) is 0 Å². The average molecular weight is 311 g/mol. The summed E-state index contributed by atoms with van der Waals surface area (Å²) in [7, 11) is 0. The van der Waals surface area contributed by atoms with Gasteiger partial charge in [0.1, 0.15) is 0 Å². The number of benzene rings is 1. The molecule has 1 fully saturated rings. The molecule has 1 aliphatic rings. The number of nitrogens with zero attached hydrogens (tertiary/aromatic N) is 3. The van der Waals surface area contributed by atoms with Crippen LogP contribution in [0.5, 0.6) is 0 Å². The highest BCUT2D eigenvalue weighted by Crippen LogP contribution is 2.34. The van der Waals surface area contributed by atoms with E-state index in [1.54, 1.807) is 6.20 Å². The Labute approximate surface area is 137 Å². The standard InChI is InChI=1S/C18H25N5/c1-11(2)14-6-5-7-15(12(3)4)17(14)22-18-21-16(10-19-23-18)20-13-8-9-13/h5-7,10-13H,8-9H2,1-4H3,(H2,20,21,22,23). The fourth-order valence-electron chi connectivity index (χ4n) is 2.67. The normalized spacial score (nSPS) is 14.3. The topological polar surface area (TPSA) is 62.7 Å². The molecule has 0 aliphatic heterocycles. The number of para-hydroxylation sites is 1. The van der Waals surface area contributed by atoms with E-state index in [1.807, 2.05) is 0 Å². The van der Waals surface area contributed by atoms with E-state index >= 15 is 0 Å². The Morgan fingerprint density at radius 2 is 1.70 bits per heavy atom. The van der Waals surface area contributed by atoms with Crippen molar-refractivity contribution in [2.75, 3.05) is 10.6 Å². The molecule has 2 aromatic rings. The second kappa shape index (κ2) is 6.52. The maximum Gasteiger partial charge on any atom is 0.249 e. The Kier molecular flexibility index (Phi) is 4.46. The second-order valence-electron chi connectivity index (χ2n) is 6.83. The number of anilines is 3. The summed E-state index contributed by atoms with van der Waals surface area (Å²) >= 11 is 0. The van der Waals surface area contributed by atoms with Gasteiger partial charge in [0, 0.05) is 11.7 Å². The van der Waals surface area contributed by atoms with Crippen LogP contribution >= 0.6 is 0 Å². The zero-order valence-corrected chi connectivity index (χ0v) is 14.3. The quantitative estimate of drug-likeness (QED) is 0.826. The largest absolute Gasteiger partial charge is 0.366 e. The van der Waals surface area contributed by atoms with Crippen LogP contribution in [0.3, 0.4) is 0 Å². The van der Waals surface area contributed by atoms with Crippen molar-refractivity contribution in [3.63, 3.8) is 0 Å². The third-order valence-electron chi connectivity index (χ3n) is 4.10. The maximum atomic E-state index is 4.55. The SMILES string of the molecule is CC(C)c1cccc(C(C)C)c1Nc1nncc(NC2CC2)n1. The summed E-state index contributed by atoms with van der Waals surface area (Å²) in [4.78, 5) is 4.55. The van der Waals surface area contributed by atoms with Crippen molar-refractivity contribution in [2.24, 2.45) is 0 Å². The summed E-state index contributed by atoms with van der Waals surface area (Å²) in [6, 6.07) is 7.01. The minimum Gasteiger partial charge on any atom is -0.366 e. The van der Waals surface area contributed by atoms with Crippen molar-refractivity contribution in [1.82, 2.24) is 15.2 Å². The Morgan fingerprint density at radius 3 is 2.26 bits per heavy atom. The molecular weight excluding hydrogens is 286 g/mol. The molecule has 0 radical (unpaired) electrons. The lowest BCUT2D eigenvalue weighted by Gasteiger charge is -2.20. The third-order valence-corrected chi connectivity index (χ3v) is 4.10. The van der Waals surface area contributed by atoms with Crippen molar-refractivity contribution >= 4 is 17.5 Å². The van der Waals surface area contributed by atoms with Crippen LogP contribution in [0, 0.1) is 0 Å². The predicted octanol–water partition coefficient (Wildman–Crippen LogP) is 4.44. The molecule has 23 heavy (non-hydrogen) atoms. The molecule has 0 saturated heterocycles. The molecule has 1 aromatic heterocycles. The average Bonchev–Trinajstić information content (AvgIpc) is 3.31. The molecule has 3 rings (SSSR count). The van der Waals surface area contributed by atoms with E-state index in [-0.39, 0.29) is 0 Å². The monoisotopic (exact) mass is 311 g/mol. The summed E-state index contributed by atoms with van der Waals surface area (Å²) in [6.45, 7) is 8.81. The highest BCUT2D eigenvalue weighted by molar-refractivity contribution is 5.65. The molecule has 1 heterocycles. The Bertz CT molecular complexity index is 651. The van der Waals surface area contributed by atoms with Gasteiger partial charge in [0.25, 0.3) is 0 Å². The van der Waals surface area contributed by atoms with Gasteiger partial charge in [-0.1, -0.05) is 45.9 Å². The van der Waals surface area contributed by atoms with Crippen LogP contribution in [0.4, 0.5) is 17.5 Å². The van der Waals surface area contributed by atoms with Gasteiger partial charge >= 0.3 is 0 Å². The van der Waals surface area contributed by atoms with E-state index < -0.39 is 0 Å². The van der Waals surface area contributed by atoms with Crippen molar-refractivity contribution < 1.29 is 0 Å². The minimum atomic E-state index is 0.428. The molecule has 0 spiro atoms. The van der Waals surface area contributed by atoms with Crippen LogP contribution < -0.4 is 10.6 Å². The van der Waals surface area contributed by atoms with E-state index in [1.165, 1.54) is 24.0 Å². The highest BCUT2D eigenvalue weighted by atomic mass is 15.3. The fourth-order valence-corrected chi connectivity index (χ4v) is 2.67. The first-order valence-corrected chi connectivity index (χ1v) is 8.40. The van der Waals surface area contributed by atoms with Crippen LogP contribution in [0.1, 0.15) is 63.5 Å². The van der Waals surface area contributed by atoms with E-state index in [0.717, 1.165) is 11.5 Å². The van der Waals surface area contributed by atoms with Crippen molar-refractivity contribution in [1.29, 1.82) is 0 Å².